The van der Waals surface area contributed by atoms with Gasteiger partial charge in [-0.1, -0.05) is 164 Å². The molecule has 0 saturated carbocycles. The van der Waals surface area contributed by atoms with Crippen LogP contribution >= 0.6 is 0 Å². The summed E-state index contributed by atoms with van der Waals surface area (Å²) in [4.78, 5) is 9.84. The third-order valence-electron chi connectivity index (χ3n) is 9.83. The average molecular weight is 651 g/mol. The van der Waals surface area contributed by atoms with E-state index in [1.165, 1.54) is 49.4 Å². The molecule has 2 nitrogen and oxygen atoms in total. The monoisotopic (exact) mass is 650 g/mol. The lowest BCUT2D eigenvalue weighted by Crippen LogP contribution is -1.95. The Morgan fingerprint density at radius 3 is 1.43 bits per heavy atom. The molecule has 0 amide bonds. The molecule has 0 aliphatic heterocycles. The standard InChI is InChI=1S/C49H34N2/c1-4-13-34(14-5-1)35-19-12-20-38(24-23-35)48-42-21-10-11-22-43(42)49(41-27-30-47(51-33-41)37-17-8-3-9-18-37)44-28-25-39(31-45(44)48)40-26-29-46(50-32-40)36-15-6-2-7-16-36/h1-11,13-33H,12H2. The van der Waals surface area contributed by atoms with E-state index in [-0.39, 0.29) is 0 Å². The van der Waals surface area contributed by atoms with E-state index in [1.54, 1.807) is 0 Å². The van der Waals surface area contributed by atoms with E-state index in [9.17, 15) is 0 Å². The Hall–Kier alpha value is -6.64. The van der Waals surface area contributed by atoms with Crippen LogP contribution in [0.2, 0.25) is 0 Å². The first-order chi connectivity index (χ1) is 25.3. The molecule has 0 spiro atoms. The molecule has 0 radical (unpaired) electrons. The van der Waals surface area contributed by atoms with Crippen molar-refractivity contribution in [2.24, 2.45) is 0 Å². The summed E-state index contributed by atoms with van der Waals surface area (Å²) >= 11 is 0. The van der Waals surface area contributed by atoms with Crippen LogP contribution in [0.1, 0.15) is 17.5 Å². The summed E-state index contributed by atoms with van der Waals surface area (Å²) in [7, 11) is 0. The average Bonchev–Trinajstić information content (AvgIpc) is 3.47. The van der Waals surface area contributed by atoms with Crippen LogP contribution in [0.5, 0.6) is 0 Å². The lowest BCUT2D eigenvalue weighted by atomic mass is 9.84. The summed E-state index contributed by atoms with van der Waals surface area (Å²) in [5.74, 6) is 0. The quantitative estimate of drug-likeness (QED) is 0.167. The van der Waals surface area contributed by atoms with E-state index >= 15 is 0 Å². The molecule has 0 fully saturated rings. The third-order valence-corrected chi connectivity index (χ3v) is 9.83. The van der Waals surface area contributed by atoms with Crippen LogP contribution in [0, 0.1) is 0 Å². The van der Waals surface area contributed by atoms with Crippen LogP contribution < -0.4 is 0 Å². The summed E-state index contributed by atoms with van der Waals surface area (Å²) in [6.45, 7) is 0. The first-order valence-electron chi connectivity index (χ1n) is 17.5. The van der Waals surface area contributed by atoms with Gasteiger partial charge in [-0.25, -0.2) is 0 Å². The number of rotatable bonds is 6. The molecule has 2 heterocycles. The fourth-order valence-electron chi connectivity index (χ4n) is 7.30. The number of aromatic nitrogens is 2. The number of benzene rings is 6. The molecular formula is C49H34N2. The van der Waals surface area contributed by atoms with E-state index in [2.05, 4.69) is 170 Å². The first-order valence-corrected chi connectivity index (χ1v) is 17.5. The second kappa shape index (κ2) is 13.3. The van der Waals surface area contributed by atoms with Crippen LogP contribution in [-0.4, -0.2) is 9.97 Å². The highest BCUT2D eigenvalue weighted by Crippen LogP contribution is 2.44. The highest BCUT2D eigenvalue weighted by atomic mass is 14.7. The molecule has 1 aliphatic rings. The second-order valence-electron chi connectivity index (χ2n) is 12.9. The van der Waals surface area contributed by atoms with Gasteiger partial charge in [0.1, 0.15) is 0 Å². The number of hydrogen-bond acceptors (Lipinski definition) is 2. The van der Waals surface area contributed by atoms with Crippen molar-refractivity contribution < 1.29 is 0 Å². The lowest BCUT2D eigenvalue weighted by molar-refractivity contribution is 1.33. The summed E-state index contributed by atoms with van der Waals surface area (Å²) in [5.41, 5.74) is 13.6. The highest BCUT2D eigenvalue weighted by Gasteiger charge is 2.19. The topological polar surface area (TPSA) is 25.8 Å². The normalized spacial score (nSPS) is 12.8. The van der Waals surface area contributed by atoms with Crippen LogP contribution in [-0.2, 0) is 0 Å². The van der Waals surface area contributed by atoms with Gasteiger partial charge >= 0.3 is 0 Å². The van der Waals surface area contributed by atoms with Crippen molar-refractivity contribution in [2.45, 2.75) is 6.42 Å². The van der Waals surface area contributed by atoms with E-state index < -0.39 is 0 Å². The molecule has 240 valence electrons. The molecule has 0 saturated heterocycles. The molecule has 0 atom stereocenters. The molecule has 0 unspecified atom stereocenters. The summed E-state index contributed by atoms with van der Waals surface area (Å²) in [6.07, 6.45) is 14.1. The van der Waals surface area contributed by atoms with Gasteiger partial charge in [-0.3, -0.25) is 9.97 Å². The van der Waals surface area contributed by atoms with Crippen molar-refractivity contribution in [1.82, 2.24) is 9.97 Å². The predicted octanol–water partition coefficient (Wildman–Crippen LogP) is 12.9. The van der Waals surface area contributed by atoms with Crippen molar-refractivity contribution >= 4 is 32.7 Å². The lowest BCUT2D eigenvalue weighted by Gasteiger charge is -2.19. The fourth-order valence-corrected chi connectivity index (χ4v) is 7.30. The van der Waals surface area contributed by atoms with Gasteiger partial charge in [-0.05, 0) is 79.6 Å². The van der Waals surface area contributed by atoms with Gasteiger partial charge in [-0.2, -0.15) is 0 Å². The Balaban J connectivity index is 1.23. The number of allylic oxidation sites excluding steroid dienone is 6. The van der Waals surface area contributed by atoms with Crippen LogP contribution in [0.25, 0.3) is 77.5 Å². The Labute approximate surface area is 298 Å². The smallest absolute Gasteiger partial charge is 0.0702 e. The summed E-state index contributed by atoms with van der Waals surface area (Å²) < 4.78 is 0. The van der Waals surface area contributed by atoms with Crippen molar-refractivity contribution in [3.8, 4) is 44.8 Å². The van der Waals surface area contributed by atoms with E-state index in [0.717, 1.165) is 45.6 Å². The summed E-state index contributed by atoms with van der Waals surface area (Å²) in [5, 5.41) is 4.84. The molecule has 1 aliphatic carbocycles. The number of hydrogen-bond donors (Lipinski definition) is 0. The molecular weight excluding hydrogens is 617 g/mol. The van der Waals surface area contributed by atoms with Gasteiger partial charge in [0, 0.05) is 34.6 Å². The van der Waals surface area contributed by atoms with Gasteiger partial charge in [0.2, 0.25) is 0 Å². The Morgan fingerprint density at radius 1 is 0.333 bits per heavy atom. The minimum Gasteiger partial charge on any atom is -0.256 e. The molecule has 2 aromatic heterocycles. The largest absolute Gasteiger partial charge is 0.256 e. The molecule has 9 rings (SSSR count). The van der Waals surface area contributed by atoms with Crippen molar-refractivity contribution in [3.63, 3.8) is 0 Å². The van der Waals surface area contributed by atoms with Crippen LogP contribution in [0.3, 0.4) is 0 Å². The van der Waals surface area contributed by atoms with Gasteiger partial charge in [0.25, 0.3) is 0 Å². The van der Waals surface area contributed by atoms with E-state index in [1.807, 2.05) is 24.5 Å². The maximum Gasteiger partial charge on any atom is 0.0702 e. The first kappa shape index (κ1) is 30.4. The van der Waals surface area contributed by atoms with E-state index in [0.29, 0.717) is 0 Å². The molecule has 0 bridgehead atoms. The molecule has 0 N–H and O–H groups in total. The number of fused-ring (bicyclic) bond motifs is 2. The van der Waals surface area contributed by atoms with Crippen LogP contribution in [0.15, 0.2) is 194 Å². The molecule has 51 heavy (non-hydrogen) atoms. The van der Waals surface area contributed by atoms with Gasteiger partial charge in [0.05, 0.1) is 11.4 Å². The number of pyridine rings is 2. The van der Waals surface area contributed by atoms with Crippen molar-refractivity contribution in [3.05, 3.63) is 206 Å². The second-order valence-corrected chi connectivity index (χ2v) is 12.9. The van der Waals surface area contributed by atoms with Gasteiger partial charge in [0.15, 0.2) is 0 Å². The number of nitrogens with zero attached hydrogens (tertiary/aromatic N) is 2. The molecule has 8 aromatic rings. The fraction of sp³-hybridized carbons (Fsp3) is 0.0204. The molecule has 6 aromatic carbocycles. The Morgan fingerprint density at radius 2 is 0.824 bits per heavy atom. The Bertz CT molecular complexity index is 2600. The minimum atomic E-state index is 0.847. The van der Waals surface area contributed by atoms with Gasteiger partial charge < -0.3 is 0 Å². The minimum absolute atomic E-state index is 0.847. The maximum absolute atomic E-state index is 4.96. The SMILES string of the molecule is C1=CC(c2c3ccccc3c(-c3ccc(-c4ccccc4)nc3)c3ccc(-c4ccc(-c5ccccc5)nc4)cc23)=CCC=C1c1ccccc1. The van der Waals surface area contributed by atoms with Gasteiger partial charge in [-0.15, -0.1) is 0 Å². The zero-order chi connectivity index (χ0) is 34.0. The zero-order valence-electron chi connectivity index (χ0n) is 28.1. The van der Waals surface area contributed by atoms with Crippen molar-refractivity contribution in [1.29, 1.82) is 0 Å². The maximum atomic E-state index is 4.96. The molecule has 2 heteroatoms. The predicted molar refractivity (Wildman–Crippen MR) is 215 cm³/mol. The third kappa shape index (κ3) is 5.88. The summed E-state index contributed by atoms with van der Waals surface area (Å²) in [6, 6.07) is 55.7. The van der Waals surface area contributed by atoms with E-state index in [4.69, 9.17) is 9.97 Å². The Kier molecular flexibility index (Phi) is 7.96. The zero-order valence-corrected chi connectivity index (χ0v) is 28.1. The highest BCUT2D eigenvalue weighted by molar-refractivity contribution is 6.20. The van der Waals surface area contributed by atoms with Crippen molar-refractivity contribution in [2.75, 3.05) is 0 Å². The van der Waals surface area contributed by atoms with Crippen LogP contribution in [0.4, 0.5) is 0 Å².